The first-order valence-corrected chi connectivity index (χ1v) is 6.47. The molecule has 1 fully saturated rings. The summed E-state index contributed by atoms with van der Waals surface area (Å²) in [6.45, 7) is 1.06. The van der Waals surface area contributed by atoms with Gasteiger partial charge in [-0.25, -0.2) is 0 Å². The minimum Gasteiger partial charge on any atom is -0.469 e. The molecule has 0 saturated carbocycles. The van der Waals surface area contributed by atoms with E-state index in [0.717, 1.165) is 5.56 Å². The number of nitro benzene ring substituents is 1. The molecular weight excluding hydrogens is 262 g/mol. The fourth-order valence-electron chi connectivity index (χ4n) is 2.56. The van der Waals surface area contributed by atoms with Crippen molar-refractivity contribution in [1.82, 2.24) is 0 Å². The zero-order chi connectivity index (χ0) is 14.6. The lowest BCUT2D eigenvalue weighted by atomic mass is 9.75. The minimum atomic E-state index is -0.580. The second-order valence-corrected chi connectivity index (χ2v) is 4.98. The number of carbonyl (C=O) groups excluding carboxylic acids is 1. The topological polar surface area (TPSA) is 78.7 Å². The molecule has 0 radical (unpaired) electrons. The maximum atomic E-state index is 12.1. The number of non-ortho nitro benzene ring substituents is 1. The fourth-order valence-corrected chi connectivity index (χ4v) is 2.56. The number of nitro groups is 1. The molecule has 6 nitrogen and oxygen atoms in total. The summed E-state index contributed by atoms with van der Waals surface area (Å²) in [5.74, 6) is -0.237. The highest BCUT2D eigenvalue weighted by Gasteiger charge is 2.41. The highest BCUT2D eigenvalue weighted by molar-refractivity contribution is 5.77. The van der Waals surface area contributed by atoms with E-state index in [1.165, 1.54) is 19.2 Å². The molecule has 1 saturated heterocycles. The van der Waals surface area contributed by atoms with E-state index >= 15 is 0 Å². The number of ether oxygens (including phenoxy) is 2. The summed E-state index contributed by atoms with van der Waals surface area (Å²) in [5.41, 5.74) is 0.360. The predicted molar refractivity (Wildman–Crippen MR) is 71.3 cm³/mol. The molecule has 1 aromatic rings. The number of carbonyl (C=O) groups is 1. The molecule has 1 aromatic carbocycles. The van der Waals surface area contributed by atoms with E-state index in [1.807, 2.05) is 0 Å². The normalized spacial score (nSPS) is 17.4. The Labute approximate surface area is 116 Å². The molecule has 0 amide bonds. The van der Waals surface area contributed by atoms with Gasteiger partial charge in [0, 0.05) is 25.3 Å². The summed E-state index contributed by atoms with van der Waals surface area (Å²) in [6.07, 6.45) is 1.73. The summed E-state index contributed by atoms with van der Waals surface area (Å²) >= 11 is 0. The van der Waals surface area contributed by atoms with Gasteiger partial charge >= 0.3 is 5.97 Å². The number of esters is 1. The van der Waals surface area contributed by atoms with Gasteiger partial charge in [-0.05, 0) is 24.8 Å². The number of hydrogen-bond acceptors (Lipinski definition) is 5. The van der Waals surface area contributed by atoms with Crippen LogP contribution in [0.1, 0.15) is 18.4 Å². The molecule has 0 atom stereocenters. The van der Waals surface area contributed by atoms with Gasteiger partial charge in [0.25, 0.3) is 5.69 Å². The first-order chi connectivity index (χ1) is 9.57. The quantitative estimate of drug-likeness (QED) is 0.479. The highest BCUT2D eigenvalue weighted by Crippen LogP contribution is 2.36. The van der Waals surface area contributed by atoms with Gasteiger partial charge in [-0.2, -0.15) is 0 Å². The molecule has 0 aromatic heterocycles. The van der Waals surface area contributed by atoms with E-state index in [2.05, 4.69) is 0 Å². The molecular formula is C14H17NO5. The predicted octanol–water partition coefficient (Wildman–Crippen LogP) is 2.11. The van der Waals surface area contributed by atoms with Crippen molar-refractivity contribution in [2.75, 3.05) is 20.3 Å². The van der Waals surface area contributed by atoms with Crippen LogP contribution in [-0.2, 0) is 20.7 Å². The van der Waals surface area contributed by atoms with Gasteiger partial charge in [-0.1, -0.05) is 12.1 Å². The van der Waals surface area contributed by atoms with Crippen molar-refractivity contribution in [1.29, 1.82) is 0 Å². The van der Waals surface area contributed by atoms with Gasteiger partial charge in [-0.15, -0.1) is 0 Å². The molecule has 0 spiro atoms. The van der Waals surface area contributed by atoms with Gasteiger partial charge in [0.2, 0.25) is 0 Å². The van der Waals surface area contributed by atoms with Gasteiger partial charge in [0.05, 0.1) is 17.4 Å². The van der Waals surface area contributed by atoms with Crippen molar-refractivity contribution in [3.05, 3.63) is 39.9 Å². The third-order valence-corrected chi connectivity index (χ3v) is 3.76. The Morgan fingerprint density at radius 3 is 2.45 bits per heavy atom. The van der Waals surface area contributed by atoms with Crippen LogP contribution in [0.3, 0.4) is 0 Å². The van der Waals surface area contributed by atoms with Gasteiger partial charge < -0.3 is 9.47 Å². The zero-order valence-electron chi connectivity index (χ0n) is 11.3. The van der Waals surface area contributed by atoms with E-state index in [1.54, 1.807) is 12.1 Å². The summed E-state index contributed by atoms with van der Waals surface area (Å²) in [5, 5.41) is 10.6. The highest BCUT2D eigenvalue weighted by atomic mass is 16.6. The molecule has 1 aliphatic rings. The van der Waals surface area contributed by atoms with Crippen LogP contribution in [0.25, 0.3) is 0 Å². The maximum Gasteiger partial charge on any atom is 0.312 e. The number of rotatable bonds is 4. The molecule has 0 unspecified atom stereocenters. The maximum absolute atomic E-state index is 12.1. The van der Waals surface area contributed by atoms with E-state index in [0.29, 0.717) is 32.5 Å². The lowest BCUT2D eigenvalue weighted by Gasteiger charge is -2.34. The molecule has 20 heavy (non-hydrogen) atoms. The van der Waals surface area contributed by atoms with E-state index in [9.17, 15) is 14.9 Å². The first-order valence-electron chi connectivity index (χ1n) is 6.47. The summed E-state index contributed by atoms with van der Waals surface area (Å²) in [7, 11) is 1.38. The van der Waals surface area contributed by atoms with Crippen LogP contribution in [0.15, 0.2) is 24.3 Å². The number of benzene rings is 1. The summed E-state index contributed by atoms with van der Waals surface area (Å²) in [4.78, 5) is 22.3. The largest absolute Gasteiger partial charge is 0.469 e. The Morgan fingerprint density at radius 1 is 1.35 bits per heavy atom. The van der Waals surface area contributed by atoms with Crippen LogP contribution in [0.4, 0.5) is 5.69 Å². The van der Waals surface area contributed by atoms with E-state index in [4.69, 9.17) is 9.47 Å². The Bertz CT molecular complexity index is 491. The van der Waals surface area contributed by atoms with Crippen LogP contribution in [0.2, 0.25) is 0 Å². The smallest absolute Gasteiger partial charge is 0.312 e. The zero-order valence-corrected chi connectivity index (χ0v) is 11.3. The van der Waals surface area contributed by atoms with E-state index in [-0.39, 0.29) is 11.7 Å². The first kappa shape index (κ1) is 14.5. The second kappa shape index (κ2) is 6.00. The van der Waals surface area contributed by atoms with Crippen LogP contribution < -0.4 is 0 Å². The Balaban J connectivity index is 2.19. The van der Waals surface area contributed by atoms with Crippen molar-refractivity contribution < 1.29 is 19.2 Å². The average Bonchev–Trinajstić information content (AvgIpc) is 2.48. The van der Waals surface area contributed by atoms with Crippen molar-refractivity contribution in [2.45, 2.75) is 19.3 Å². The third-order valence-electron chi connectivity index (χ3n) is 3.76. The Morgan fingerprint density at radius 2 is 1.95 bits per heavy atom. The van der Waals surface area contributed by atoms with Gasteiger partial charge in [0.15, 0.2) is 0 Å². The van der Waals surface area contributed by atoms with Crippen molar-refractivity contribution in [3.63, 3.8) is 0 Å². The van der Waals surface area contributed by atoms with E-state index < -0.39 is 10.3 Å². The summed E-state index contributed by atoms with van der Waals surface area (Å²) < 4.78 is 10.2. The van der Waals surface area contributed by atoms with Crippen molar-refractivity contribution >= 4 is 11.7 Å². The molecule has 0 N–H and O–H groups in total. The average molecular weight is 279 g/mol. The Hall–Kier alpha value is -1.95. The van der Waals surface area contributed by atoms with Crippen LogP contribution in [0, 0.1) is 15.5 Å². The lowest BCUT2D eigenvalue weighted by molar-refractivity contribution is -0.384. The fraction of sp³-hybridized carbons (Fsp3) is 0.500. The molecule has 6 heteroatoms. The van der Waals surface area contributed by atoms with Gasteiger partial charge in [0.1, 0.15) is 0 Å². The van der Waals surface area contributed by atoms with Crippen LogP contribution >= 0.6 is 0 Å². The van der Waals surface area contributed by atoms with Crippen LogP contribution in [0.5, 0.6) is 0 Å². The van der Waals surface area contributed by atoms with Crippen molar-refractivity contribution in [3.8, 4) is 0 Å². The number of nitrogens with zero attached hydrogens (tertiary/aromatic N) is 1. The molecule has 0 bridgehead atoms. The third kappa shape index (κ3) is 2.96. The lowest BCUT2D eigenvalue weighted by Crippen LogP contribution is -2.40. The van der Waals surface area contributed by atoms with Crippen molar-refractivity contribution in [2.24, 2.45) is 5.41 Å². The molecule has 1 heterocycles. The molecule has 108 valence electrons. The Kier molecular flexibility index (Phi) is 4.34. The molecule has 2 rings (SSSR count). The monoisotopic (exact) mass is 279 g/mol. The summed E-state index contributed by atoms with van der Waals surface area (Å²) in [6, 6.07) is 6.30. The van der Waals surface area contributed by atoms with Gasteiger partial charge in [-0.3, -0.25) is 14.9 Å². The number of hydrogen-bond donors (Lipinski definition) is 0. The standard InChI is InChI=1S/C14H17NO5/c1-19-13(16)14(6-8-20-9-7-14)10-11-2-4-12(5-3-11)15(17)18/h2-5H,6-10H2,1H3. The molecule has 1 aliphatic heterocycles. The SMILES string of the molecule is COC(=O)C1(Cc2ccc([N+](=O)[O-])cc2)CCOCC1. The minimum absolute atomic E-state index is 0.0489. The van der Waals surface area contributed by atoms with Crippen LogP contribution in [-0.4, -0.2) is 31.2 Å². The molecule has 0 aliphatic carbocycles. The second-order valence-electron chi connectivity index (χ2n) is 4.98. The number of methoxy groups -OCH3 is 1.